The molecule has 0 unspecified atom stereocenters. The zero-order valence-electron chi connectivity index (χ0n) is 23.6. The molecule has 0 saturated carbocycles. The third-order valence-electron chi connectivity index (χ3n) is 8.34. The van der Waals surface area contributed by atoms with Crippen LogP contribution in [0.2, 0.25) is 0 Å². The highest BCUT2D eigenvalue weighted by molar-refractivity contribution is 6.30. The molecule has 3 rings (SSSR count). The Morgan fingerprint density at radius 3 is 2.05 bits per heavy atom. The SMILES string of the molecule is CCC(C)(C)c1ccc(OCCCCNC(=O)CC2(C)C(=O)c3ccccc3C2=O)c(C(C)(C)CC)c1. The van der Waals surface area contributed by atoms with Gasteiger partial charge in [0.15, 0.2) is 11.6 Å². The van der Waals surface area contributed by atoms with Gasteiger partial charge >= 0.3 is 0 Å². The Balaban J connectivity index is 1.51. The number of carbonyl (C=O) groups excluding carboxylic acids is 3. The van der Waals surface area contributed by atoms with Crippen molar-refractivity contribution in [3.63, 3.8) is 0 Å². The van der Waals surface area contributed by atoms with Crippen LogP contribution in [0.15, 0.2) is 42.5 Å². The Labute approximate surface area is 222 Å². The highest BCUT2D eigenvalue weighted by atomic mass is 16.5. The van der Waals surface area contributed by atoms with Crippen molar-refractivity contribution in [1.29, 1.82) is 0 Å². The average molecular weight is 506 g/mol. The van der Waals surface area contributed by atoms with Gasteiger partial charge in [-0.2, -0.15) is 0 Å². The Kier molecular flexibility index (Phi) is 8.66. The Bertz CT molecular complexity index is 1130. The third-order valence-corrected chi connectivity index (χ3v) is 8.34. The second kappa shape index (κ2) is 11.2. The summed E-state index contributed by atoms with van der Waals surface area (Å²) in [7, 11) is 0. The Morgan fingerprint density at radius 1 is 0.892 bits per heavy atom. The summed E-state index contributed by atoms with van der Waals surface area (Å²) < 4.78 is 6.22. The number of benzene rings is 2. The maximum absolute atomic E-state index is 12.8. The van der Waals surface area contributed by atoms with Gasteiger partial charge < -0.3 is 10.1 Å². The summed E-state index contributed by atoms with van der Waals surface area (Å²) in [5, 5.41) is 2.88. The molecule has 5 nitrogen and oxygen atoms in total. The van der Waals surface area contributed by atoms with E-state index in [9.17, 15) is 14.4 Å². The van der Waals surface area contributed by atoms with Crippen LogP contribution in [-0.4, -0.2) is 30.6 Å². The molecule has 1 aliphatic carbocycles. The van der Waals surface area contributed by atoms with E-state index in [1.165, 1.54) is 11.1 Å². The van der Waals surface area contributed by atoms with Crippen LogP contribution in [0.25, 0.3) is 0 Å². The summed E-state index contributed by atoms with van der Waals surface area (Å²) in [6, 6.07) is 13.4. The molecule has 0 fully saturated rings. The molecule has 0 atom stereocenters. The topological polar surface area (TPSA) is 72.5 Å². The summed E-state index contributed by atoms with van der Waals surface area (Å²) in [5.41, 5.74) is 2.20. The molecule has 0 radical (unpaired) electrons. The molecule has 2 aromatic rings. The highest BCUT2D eigenvalue weighted by Crippen LogP contribution is 2.40. The van der Waals surface area contributed by atoms with Crippen LogP contribution in [0, 0.1) is 5.41 Å². The maximum Gasteiger partial charge on any atom is 0.221 e. The number of amides is 1. The van der Waals surface area contributed by atoms with E-state index >= 15 is 0 Å². The highest BCUT2D eigenvalue weighted by Gasteiger charge is 2.50. The van der Waals surface area contributed by atoms with Gasteiger partial charge in [0.1, 0.15) is 11.2 Å². The molecule has 0 spiro atoms. The normalized spacial score (nSPS) is 15.0. The standard InChI is InChI=1S/C32H43NO4/c1-8-30(3,4)22-16-17-26(25(20-22)31(5,6)9-2)37-19-13-12-18-33-27(34)21-32(7)28(35)23-14-10-11-15-24(23)29(32)36/h10-11,14-17,20H,8-9,12-13,18-19,21H2,1-7H3,(H,33,34). The molecule has 200 valence electrons. The van der Waals surface area contributed by atoms with Gasteiger partial charge in [-0.25, -0.2) is 0 Å². The molecular weight excluding hydrogens is 462 g/mol. The average Bonchev–Trinajstić information content (AvgIpc) is 3.07. The fourth-order valence-electron chi connectivity index (χ4n) is 4.76. The van der Waals surface area contributed by atoms with Crippen molar-refractivity contribution in [3.8, 4) is 5.75 Å². The first-order valence-electron chi connectivity index (χ1n) is 13.6. The number of hydrogen-bond acceptors (Lipinski definition) is 4. The van der Waals surface area contributed by atoms with Crippen LogP contribution in [-0.2, 0) is 15.6 Å². The van der Waals surface area contributed by atoms with E-state index in [0.717, 1.165) is 31.4 Å². The Hall–Kier alpha value is -2.95. The number of ketones is 2. The van der Waals surface area contributed by atoms with E-state index in [2.05, 4.69) is 65.1 Å². The van der Waals surface area contributed by atoms with Gasteiger partial charge in [0, 0.05) is 29.7 Å². The first-order chi connectivity index (χ1) is 17.4. The first-order valence-corrected chi connectivity index (χ1v) is 13.6. The molecule has 1 amide bonds. The van der Waals surface area contributed by atoms with Crippen LogP contribution in [0.5, 0.6) is 5.75 Å². The first kappa shape index (κ1) is 28.6. The second-order valence-electron chi connectivity index (χ2n) is 11.8. The fraction of sp³-hybridized carbons (Fsp3) is 0.531. The minimum atomic E-state index is -1.32. The largest absolute Gasteiger partial charge is 0.493 e. The van der Waals surface area contributed by atoms with E-state index in [0.29, 0.717) is 24.3 Å². The van der Waals surface area contributed by atoms with Crippen molar-refractivity contribution in [1.82, 2.24) is 5.32 Å². The van der Waals surface area contributed by atoms with E-state index in [1.807, 2.05) is 0 Å². The van der Waals surface area contributed by atoms with Gasteiger partial charge in [-0.05, 0) is 55.1 Å². The van der Waals surface area contributed by atoms with Crippen molar-refractivity contribution >= 4 is 17.5 Å². The van der Waals surface area contributed by atoms with Gasteiger partial charge in [-0.1, -0.05) is 77.9 Å². The molecular formula is C32H43NO4. The van der Waals surface area contributed by atoms with Crippen molar-refractivity contribution in [2.45, 2.75) is 91.4 Å². The molecule has 0 aliphatic heterocycles. The monoisotopic (exact) mass is 505 g/mol. The molecule has 0 heterocycles. The predicted octanol–water partition coefficient (Wildman–Crippen LogP) is 6.81. The summed E-state index contributed by atoms with van der Waals surface area (Å²) in [5.74, 6) is 0.114. The lowest BCUT2D eigenvalue weighted by molar-refractivity contribution is -0.122. The molecule has 0 bridgehead atoms. The van der Waals surface area contributed by atoms with Crippen LogP contribution < -0.4 is 10.1 Å². The zero-order valence-corrected chi connectivity index (χ0v) is 23.6. The van der Waals surface area contributed by atoms with Gasteiger partial charge in [0.05, 0.1) is 6.61 Å². The summed E-state index contributed by atoms with van der Waals surface area (Å²) >= 11 is 0. The Morgan fingerprint density at radius 2 is 1.49 bits per heavy atom. The smallest absolute Gasteiger partial charge is 0.221 e. The lowest BCUT2D eigenvalue weighted by Gasteiger charge is -2.30. The molecule has 0 aromatic heterocycles. The summed E-state index contributed by atoms with van der Waals surface area (Å²) in [6.07, 6.45) is 3.48. The van der Waals surface area contributed by atoms with Crippen LogP contribution in [0.1, 0.15) is 112 Å². The van der Waals surface area contributed by atoms with E-state index in [4.69, 9.17) is 4.74 Å². The lowest BCUT2D eigenvalue weighted by atomic mass is 9.76. The van der Waals surface area contributed by atoms with E-state index < -0.39 is 5.41 Å². The van der Waals surface area contributed by atoms with E-state index in [1.54, 1.807) is 31.2 Å². The minimum absolute atomic E-state index is 0.00795. The number of fused-ring (bicyclic) bond motifs is 1. The fourth-order valence-corrected chi connectivity index (χ4v) is 4.76. The molecule has 0 saturated heterocycles. The van der Waals surface area contributed by atoms with Crippen LogP contribution in [0.3, 0.4) is 0 Å². The van der Waals surface area contributed by atoms with Crippen molar-refractivity contribution in [2.75, 3.05) is 13.2 Å². The number of Topliss-reactive ketones (excluding diaryl/α,β-unsaturated/α-hetero) is 2. The molecule has 5 heteroatoms. The zero-order chi connectivity index (χ0) is 27.4. The number of ether oxygens (including phenoxy) is 1. The van der Waals surface area contributed by atoms with Crippen molar-refractivity contribution in [2.24, 2.45) is 5.41 Å². The maximum atomic E-state index is 12.8. The molecule has 1 aliphatic rings. The van der Waals surface area contributed by atoms with Gasteiger partial charge in [-0.15, -0.1) is 0 Å². The van der Waals surface area contributed by atoms with Gasteiger partial charge in [0.25, 0.3) is 0 Å². The minimum Gasteiger partial charge on any atom is -0.493 e. The van der Waals surface area contributed by atoms with Crippen molar-refractivity contribution in [3.05, 3.63) is 64.7 Å². The van der Waals surface area contributed by atoms with Crippen LogP contribution >= 0.6 is 0 Å². The number of carbonyl (C=O) groups is 3. The van der Waals surface area contributed by atoms with E-state index in [-0.39, 0.29) is 34.7 Å². The summed E-state index contributed by atoms with van der Waals surface area (Å²) in [6.45, 7) is 16.1. The predicted molar refractivity (Wildman–Crippen MR) is 149 cm³/mol. The van der Waals surface area contributed by atoms with Crippen molar-refractivity contribution < 1.29 is 19.1 Å². The summed E-state index contributed by atoms with van der Waals surface area (Å²) in [4.78, 5) is 38.2. The molecule has 1 N–H and O–H groups in total. The number of rotatable bonds is 12. The number of nitrogens with one attached hydrogen (secondary N) is 1. The lowest BCUT2D eigenvalue weighted by Crippen LogP contribution is -2.37. The number of hydrogen-bond donors (Lipinski definition) is 1. The third kappa shape index (κ3) is 5.97. The van der Waals surface area contributed by atoms with Crippen LogP contribution in [0.4, 0.5) is 0 Å². The van der Waals surface area contributed by atoms with Gasteiger partial charge in [-0.3, -0.25) is 14.4 Å². The molecule has 37 heavy (non-hydrogen) atoms. The quantitative estimate of drug-likeness (QED) is 0.254. The second-order valence-corrected chi connectivity index (χ2v) is 11.8. The van der Waals surface area contributed by atoms with Gasteiger partial charge in [0.2, 0.25) is 5.91 Å². The molecule has 2 aromatic carbocycles. The number of unbranched alkanes of at least 4 members (excludes halogenated alkanes) is 1.